The predicted molar refractivity (Wildman–Crippen MR) is 71.0 cm³/mol. The van der Waals surface area contributed by atoms with Crippen LogP contribution in [0.2, 0.25) is 0 Å². The summed E-state index contributed by atoms with van der Waals surface area (Å²) in [4.78, 5) is 12.8. The first-order valence-electron chi connectivity index (χ1n) is 6.17. The maximum atomic E-state index is 11.0. The van der Waals surface area contributed by atoms with E-state index in [2.05, 4.69) is 0 Å². The van der Waals surface area contributed by atoms with E-state index in [1.165, 1.54) is 5.56 Å². The van der Waals surface area contributed by atoms with E-state index in [0.29, 0.717) is 19.6 Å². The number of ether oxygens (including phenoxy) is 1. The van der Waals surface area contributed by atoms with Crippen molar-refractivity contribution in [3.05, 3.63) is 29.8 Å². The Labute approximate surface area is 108 Å². The van der Waals surface area contributed by atoms with Crippen molar-refractivity contribution in [3.63, 3.8) is 0 Å². The van der Waals surface area contributed by atoms with E-state index in [-0.39, 0.29) is 0 Å². The summed E-state index contributed by atoms with van der Waals surface area (Å²) in [5.74, 6) is 0.0349. The van der Waals surface area contributed by atoms with E-state index in [1.807, 2.05) is 38.1 Å². The highest BCUT2D eigenvalue weighted by Crippen LogP contribution is 2.11. The molecular weight excluding hydrogens is 230 g/mol. The van der Waals surface area contributed by atoms with Crippen molar-refractivity contribution in [1.82, 2.24) is 4.90 Å². The second kappa shape index (κ2) is 7.01. The first-order chi connectivity index (χ1) is 8.54. The van der Waals surface area contributed by atoms with Crippen LogP contribution in [0.15, 0.2) is 24.3 Å². The first-order valence-corrected chi connectivity index (χ1v) is 6.17. The molecule has 18 heavy (non-hydrogen) atoms. The Hall–Kier alpha value is -1.55. The lowest BCUT2D eigenvalue weighted by Gasteiger charge is -2.23. The van der Waals surface area contributed by atoms with E-state index in [0.717, 1.165) is 5.75 Å². The molecule has 0 amide bonds. The molecule has 4 nitrogen and oxygen atoms in total. The smallest absolute Gasteiger partial charge is 0.320 e. The summed E-state index contributed by atoms with van der Waals surface area (Å²) in [7, 11) is 1.81. The summed E-state index contributed by atoms with van der Waals surface area (Å²) in [5, 5.41) is 9.01. The molecule has 4 heteroatoms. The lowest BCUT2D eigenvalue weighted by molar-refractivity contribution is -0.143. The summed E-state index contributed by atoms with van der Waals surface area (Å²) < 4.78 is 5.57. The molecule has 1 unspecified atom stereocenters. The van der Waals surface area contributed by atoms with Crippen LogP contribution < -0.4 is 4.74 Å². The Balaban J connectivity index is 2.37. The molecule has 0 fully saturated rings. The van der Waals surface area contributed by atoms with E-state index in [4.69, 9.17) is 9.84 Å². The molecule has 0 spiro atoms. The standard InChI is InChI=1S/C14H21NO3/c1-4-13(14(16)17)15(3)9-10-18-12-7-5-11(2)6-8-12/h5-8,13H,4,9-10H2,1-3H3,(H,16,17). The van der Waals surface area contributed by atoms with Crippen LogP contribution in [-0.4, -0.2) is 42.2 Å². The molecule has 100 valence electrons. The Kier molecular flexibility index (Phi) is 5.65. The normalized spacial score (nSPS) is 12.4. The average molecular weight is 251 g/mol. The van der Waals surface area contributed by atoms with Crippen LogP contribution >= 0.6 is 0 Å². The van der Waals surface area contributed by atoms with Crippen molar-refractivity contribution in [2.24, 2.45) is 0 Å². The number of carbonyl (C=O) groups is 1. The van der Waals surface area contributed by atoms with Crippen molar-refractivity contribution < 1.29 is 14.6 Å². The third-order valence-corrected chi connectivity index (χ3v) is 2.94. The number of hydrogen-bond acceptors (Lipinski definition) is 3. The Morgan fingerprint density at radius 3 is 2.50 bits per heavy atom. The van der Waals surface area contributed by atoms with Crippen molar-refractivity contribution in [2.45, 2.75) is 26.3 Å². The Bertz CT molecular complexity index is 375. The van der Waals surface area contributed by atoms with Crippen LogP contribution in [0, 0.1) is 6.92 Å². The van der Waals surface area contributed by atoms with Crippen LogP contribution in [0.1, 0.15) is 18.9 Å². The second-order valence-electron chi connectivity index (χ2n) is 4.40. The van der Waals surface area contributed by atoms with Gasteiger partial charge >= 0.3 is 5.97 Å². The monoisotopic (exact) mass is 251 g/mol. The number of benzene rings is 1. The van der Waals surface area contributed by atoms with E-state index >= 15 is 0 Å². The van der Waals surface area contributed by atoms with Gasteiger partial charge in [0.2, 0.25) is 0 Å². The van der Waals surface area contributed by atoms with Gasteiger partial charge in [0.05, 0.1) is 0 Å². The number of aliphatic carboxylic acids is 1. The van der Waals surface area contributed by atoms with E-state index in [9.17, 15) is 4.79 Å². The van der Waals surface area contributed by atoms with Gasteiger partial charge in [0.25, 0.3) is 0 Å². The minimum atomic E-state index is -0.782. The van der Waals surface area contributed by atoms with Gasteiger partial charge in [-0.2, -0.15) is 0 Å². The van der Waals surface area contributed by atoms with Crippen molar-refractivity contribution in [1.29, 1.82) is 0 Å². The third-order valence-electron chi connectivity index (χ3n) is 2.94. The molecule has 1 rings (SSSR count). The van der Waals surface area contributed by atoms with Crippen molar-refractivity contribution in [2.75, 3.05) is 20.2 Å². The van der Waals surface area contributed by atoms with Gasteiger partial charge < -0.3 is 9.84 Å². The molecule has 0 bridgehead atoms. The first kappa shape index (κ1) is 14.5. The Morgan fingerprint density at radius 1 is 1.39 bits per heavy atom. The average Bonchev–Trinajstić information content (AvgIpc) is 2.32. The highest BCUT2D eigenvalue weighted by Gasteiger charge is 2.19. The number of aryl methyl sites for hydroxylation is 1. The van der Waals surface area contributed by atoms with Gasteiger partial charge in [0, 0.05) is 6.54 Å². The zero-order chi connectivity index (χ0) is 13.5. The predicted octanol–water partition coefficient (Wildman–Crippen LogP) is 2.17. The van der Waals surface area contributed by atoms with Gasteiger partial charge in [-0.25, -0.2) is 0 Å². The van der Waals surface area contributed by atoms with Gasteiger partial charge in [-0.1, -0.05) is 24.6 Å². The summed E-state index contributed by atoms with van der Waals surface area (Å²) in [6.45, 7) is 4.98. The van der Waals surface area contributed by atoms with Crippen molar-refractivity contribution >= 4 is 5.97 Å². The SMILES string of the molecule is CCC(C(=O)O)N(C)CCOc1ccc(C)cc1. The molecule has 0 aromatic heterocycles. The molecule has 1 N–H and O–H groups in total. The molecule has 0 aliphatic heterocycles. The minimum Gasteiger partial charge on any atom is -0.492 e. The maximum Gasteiger partial charge on any atom is 0.320 e. The van der Waals surface area contributed by atoms with Crippen LogP contribution in [0.3, 0.4) is 0 Å². The molecule has 0 saturated carbocycles. The molecule has 1 aromatic carbocycles. The minimum absolute atomic E-state index is 0.438. The number of carboxylic acids is 1. The van der Waals surface area contributed by atoms with Crippen LogP contribution in [0.25, 0.3) is 0 Å². The lowest BCUT2D eigenvalue weighted by atomic mass is 10.2. The third kappa shape index (κ3) is 4.37. The van der Waals surface area contributed by atoms with Crippen LogP contribution in [0.4, 0.5) is 0 Å². The fourth-order valence-corrected chi connectivity index (χ4v) is 1.77. The van der Waals surface area contributed by atoms with E-state index < -0.39 is 12.0 Å². The van der Waals surface area contributed by atoms with Gasteiger partial charge in [0.1, 0.15) is 18.4 Å². The van der Waals surface area contributed by atoms with Crippen LogP contribution in [0.5, 0.6) is 5.75 Å². The zero-order valence-corrected chi connectivity index (χ0v) is 11.2. The number of carboxylic acid groups (broad SMARTS) is 1. The van der Waals surface area contributed by atoms with Gasteiger partial charge in [-0.05, 0) is 32.5 Å². The summed E-state index contributed by atoms with van der Waals surface area (Å²) in [6.07, 6.45) is 0.594. The van der Waals surface area contributed by atoms with Gasteiger partial charge in [-0.15, -0.1) is 0 Å². The summed E-state index contributed by atoms with van der Waals surface area (Å²) in [5.41, 5.74) is 1.19. The number of nitrogens with zero attached hydrogens (tertiary/aromatic N) is 1. The molecule has 1 aromatic rings. The number of likely N-dealkylation sites (N-methyl/N-ethyl adjacent to an activating group) is 1. The van der Waals surface area contributed by atoms with Gasteiger partial charge in [0.15, 0.2) is 0 Å². The topological polar surface area (TPSA) is 49.8 Å². The molecular formula is C14H21NO3. The number of rotatable bonds is 7. The van der Waals surface area contributed by atoms with E-state index in [1.54, 1.807) is 11.9 Å². The van der Waals surface area contributed by atoms with Crippen LogP contribution in [-0.2, 0) is 4.79 Å². The zero-order valence-electron chi connectivity index (χ0n) is 11.2. The Morgan fingerprint density at radius 2 is 2.00 bits per heavy atom. The maximum absolute atomic E-state index is 11.0. The highest BCUT2D eigenvalue weighted by atomic mass is 16.5. The summed E-state index contributed by atoms with van der Waals surface area (Å²) in [6, 6.07) is 7.39. The quantitative estimate of drug-likeness (QED) is 0.807. The molecule has 0 aliphatic carbocycles. The molecule has 0 saturated heterocycles. The summed E-state index contributed by atoms with van der Waals surface area (Å²) >= 11 is 0. The second-order valence-corrected chi connectivity index (χ2v) is 4.40. The molecule has 0 aliphatic rings. The highest BCUT2D eigenvalue weighted by molar-refractivity contribution is 5.73. The number of hydrogen-bond donors (Lipinski definition) is 1. The fraction of sp³-hybridized carbons (Fsp3) is 0.500. The molecule has 0 heterocycles. The molecule has 1 atom stereocenters. The van der Waals surface area contributed by atoms with Crippen molar-refractivity contribution in [3.8, 4) is 5.75 Å². The largest absolute Gasteiger partial charge is 0.492 e. The fourth-order valence-electron chi connectivity index (χ4n) is 1.77. The van der Waals surface area contributed by atoms with Gasteiger partial charge in [-0.3, -0.25) is 9.69 Å². The lowest BCUT2D eigenvalue weighted by Crippen LogP contribution is -2.40. The molecule has 0 radical (unpaired) electrons.